The number of aliphatic carboxylic acids is 1. The van der Waals surface area contributed by atoms with Gasteiger partial charge in [0.1, 0.15) is 0 Å². The van der Waals surface area contributed by atoms with Crippen LogP contribution in [0.2, 0.25) is 0 Å². The van der Waals surface area contributed by atoms with Crippen molar-refractivity contribution >= 4 is 11.9 Å². The highest BCUT2D eigenvalue weighted by Gasteiger charge is 2.00. The summed E-state index contributed by atoms with van der Waals surface area (Å²) in [6, 6.07) is 0. The SMILES string of the molecule is CCC(C)OCCC(=O)O.CCCCOC(C)=O. The molecule has 0 aromatic heterocycles. The lowest BCUT2D eigenvalue weighted by molar-refractivity contribution is -0.141. The molecule has 1 atom stereocenters. The van der Waals surface area contributed by atoms with Gasteiger partial charge in [-0.15, -0.1) is 0 Å². The van der Waals surface area contributed by atoms with Gasteiger partial charge in [0, 0.05) is 6.92 Å². The summed E-state index contributed by atoms with van der Waals surface area (Å²) in [6.45, 7) is 8.32. The Morgan fingerprint density at radius 1 is 1.22 bits per heavy atom. The van der Waals surface area contributed by atoms with Crippen molar-refractivity contribution in [2.45, 2.75) is 59.5 Å². The Morgan fingerprint density at radius 2 is 1.83 bits per heavy atom. The van der Waals surface area contributed by atoms with Crippen LogP contribution in [0.3, 0.4) is 0 Å². The molecule has 5 heteroatoms. The molecule has 0 aliphatic heterocycles. The Kier molecular flexibility index (Phi) is 14.9. The van der Waals surface area contributed by atoms with Gasteiger partial charge in [0.2, 0.25) is 0 Å². The summed E-state index contributed by atoms with van der Waals surface area (Å²) in [5.74, 6) is -0.984. The maximum atomic E-state index is 10.1. The third kappa shape index (κ3) is 20.3. The van der Waals surface area contributed by atoms with E-state index in [0.29, 0.717) is 13.2 Å². The Morgan fingerprint density at radius 3 is 2.22 bits per heavy atom. The third-order valence-corrected chi connectivity index (χ3v) is 2.10. The van der Waals surface area contributed by atoms with Gasteiger partial charge in [-0.1, -0.05) is 20.3 Å². The third-order valence-electron chi connectivity index (χ3n) is 2.10. The molecule has 108 valence electrons. The summed E-state index contributed by atoms with van der Waals surface area (Å²) in [6.07, 6.45) is 3.26. The van der Waals surface area contributed by atoms with E-state index in [1.807, 2.05) is 13.8 Å². The largest absolute Gasteiger partial charge is 0.481 e. The molecule has 1 N–H and O–H groups in total. The number of carbonyl (C=O) groups excluding carboxylic acids is 1. The summed E-state index contributed by atoms with van der Waals surface area (Å²) in [5.41, 5.74) is 0. The molecule has 0 aromatic carbocycles. The van der Waals surface area contributed by atoms with Crippen LogP contribution in [-0.4, -0.2) is 36.4 Å². The Labute approximate surface area is 109 Å². The van der Waals surface area contributed by atoms with E-state index in [4.69, 9.17) is 9.84 Å². The van der Waals surface area contributed by atoms with Crippen LogP contribution in [-0.2, 0) is 19.1 Å². The second kappa shape index (κ2) is 14.0. The van der Waals surface area contributed by atoms with Gasteiger partial charge in [-0.25, -0.2) is 0 Å². The molecular formula is C13H26O5. The first-order chi connectivity index (χ1) is 8.43. The van der Waals surface area contributed by atoms with E-state index in [1.54, 1.807) is 0 Å². The molecule has 0 saturated carbocycles. The molecule has 0 rings (SSSR count). The average molecular weight is 262 g/mol. The second-order valence-electron chi connectivity index (χ2n) is 3.93. The number of esters is 1. The van der Waals surface area contributed by atoms with E-state index in [-0.39, 0.29) is 18.5 Å². The predicted molar refractivity (Wildman–Crippen MR) is 69.5 cm³/mol. The van der Waals surface area contributed by atoms with E-state index in [2.05, 4.69) is 11.7 Å². The van der Waals surface area contributed by atoms with Crippen LogP contribution >= 0.6 is 0 Å². The quantitative estimate of drug-likeness (QED) is 0.537. The summed E-state index contributed by atoms with van der Waals surface area (Å²) < 4.78 is 9.76. The number of carboxylic acid groups (broad SMARTS) is 1. The summed E-state index contributed by atoms with van der Waals surface area (Å²) in [7, 11) is 0. The molecule has 0 spiro atoms. The molecule has 0 radical (unpaired) electrons. The molecule has 1 unspecified atom stereocenters. The lowest BCUT2D eigenvalue weighted by atomic mass is 10.3. The van der Waals surface area contributed by atoms with Crippen molar-refractivity contribution in [1.82, 2.24) is 0 Å². The molecule has 0 aliphatic rings. The number of unbranched alkanes of at least 4 members (excludes halogenated alkanes) is 1. The standard InChI is InChI=1S/C7H14O3.C6H12O2/c1-3-6(2)10-5-4-7(8)9;1-3-4-5-8-6(2)7/h6H,3-5H2,1-2H3,(H,8,9);3-5H2,1-2H3. The molecule has 0 bridgehead atoms. The fourth-order valence-corrected chi connectivity index (χ4v) is 0.826. The van der Waals surface area contributed by atoms with Gasteiger partial charge >= 0.3 is 11.9 Å². The van der Waals surface area contributed by atoms with Crippen molar-refractivity contribution in [3.05, 3.63) is 0 Å². The lowest BCUT2D eigenvalue weighted by Crippen LogP contribution is -2.10. The van der Waals surface area contributed by atoms with Crippen LogP contribution in [0.25, 0.3) is 0 Å². The van der Waals surface area contributed by atoms with Crippen molar-refractivity contribution in [1.29, 1.82) is 0 Å². The van der Waals surface area contributed by atoms with Gasteiger partial charge in [0.25, 0.3) is 0 Å². The molecular weight excluding hydrogens is 236 g/mol. The number of hydrogen-bond acceptors (Lipinski definition) is 4. The van der Waals surface area contributed by atoms with E-state index in [0.717, 1.165) is 19.3 Å². The Bertz CT molecular complexity index is 215. The van der Waals surface area contributed by atoms with Crippen LogP contribution in [0.4, 0.5) is 0 Å². The van der Waals surface area contributed by atoms with Crippen molar-refractivity contribution in [2.24, 2.45) is 0 Å². The number of carbonyl (C=O) groups is 2. The monoisotopic (exact) mass is 262 g/mol. The minimum absolute atomic E-state index is 0.102. The number of hydrogen-bond donors (Lipinski definition) is 1. The molecule has 0 fully saturated rings. The minimum atomic E-state index is -0.802. The normalized spacial score (nSPS) is 11.1. The Balaban J connectivity index is 0. The fraction of sp³-hybridized carbons (Fsp3) is 0.846. The zero-order chi connectivity index (χ0) is 14.4. The molecule has 0 aromatic rings. The second-order valence-corrected chi connectivity index (χ2v) is 3.93. The van der Waals surface area contributed by atoms with Crippen molar-refractivity contribution in [3.63, 3.8) is 0 Å². The average Bonchev–Trinajstić information content (AvgIpc) is 2.29. The van der Waals surface area contributed by atoms with Gasteiger partial charge in [-0.05, 0) is 19.8 Å². The van der Waals surface area contributed by atoms with Crippen molar-refractivity contribution in [2.75, 3.05) is 13.2 Å². The highest BCUT2D eigenvalue weighted by molar-refractivity contribution is 5.66. The number of ether oxygens (including phenoxy) is 2. The van der Waals surface area contributed by atoms with Crippen LogP contribution in [0.5, 0.6) is 0 Å². The van der Waals surface area contributed by atoms with Gasteiger partial charge in [0.15, 0.2) is 0 Å². The van der Waals surface area contributed by atoms with Crippen molar-refractivity contribution < 1.29 is 24.2 Å². The molecule has 0 saturated heterocycles. The van der Waals surface area contributed by atoms with Gasteiger partial charge < -0.3 is 14.6 Å². The highest BCUT2D eigenvalue weighted by atomic mass is 16.5. The topological polar surface area (TPSA) is 72.8 Å². The van der Waals surface area contributed by atoms with Crippen LogP contribution in [0.1, 0.15) is 53.4 Å². The predicted octanol–water partition coefficient (Wildman–Crippen LogP) is 2.63. The van der Waals surface area contributed by atoms with Crippen LogP contribution < -0.4 is 0 Å². The maximum absolute atomic E-state index is 10.1. The summed E-state index contributed by atoms with van der Waals surface area (Å²) in [5, 5.41) is 8.22. The summed E-state index contributed by atoms with van der Waals surface area (Å²) >= 11 is 0. The van der Waals surface area contributed by atoms with Crippen molar-refractivity contribution in [3.8, 4) is 0 Å². The zero-order valence-electron chi connectivity index (χ0n) is 11.9. The summed E-state index contributed by atoms with van der Waals surface area (Å²) in [4.78, 5) is 20.1. The molecule has 0 aliphatic carbocycles. The van der Waals surface area contributed by atoms with Gasteiger partial charge in [-0.3, -0.25) is 9.59 Å². The zero-order valence-corrected chi connectivity index (χ0v) is 11.9. The molecule has 0 amide bonds. The minimum Gasteiger partial charge on any atom is -0.481 e. The fourth-order valence-electron chi connectivity index (χ4n) is 0.826. The van der Waals surface area contributed by atoms with E-state index >= 15 is 0 Å². The van der Waals surface area contributed by atoms with Crippen LogP contribution in [0, 0.1) is 0 Å². The highest BCUT2D eigenvalue weighted by Crippen LogP contribution is 1.96. The first-order valence-electron chi connectivity index (χ1n) is 6.40. The lowest BCUT2D eigenvalue weighted by Gasteiger charge is -2.07. The van der Waals surface area contributed by atoms with E-state index in [9.17, 15) is 9.59 Å². The van der Waals surface area contributed by atoms with Crippen LogP contribution in [0.15, 0.2) is 0 Å². The molecule has 18 heavy (non-hydrogen) atoms. The first-order valence-corrected chi connectivity index (χ1v) is 6.40. The van der Waals surface area contributed by atoms with E-state index < -0.39 is 5.97 Å². The molecule has 0 heterocycles. The molecule has 5 nitrogen and oxygen atoms in total. The number of carboxylic acids is 1. The maximum Gasteiger partial charge on any atom is 0.305 e. The van der Waals surface area contributed by atoms with E-state index in [1.165, 1.54) is 6.92 Å². The Hall–Kier alpha value is -1.10. The van der Waals surface area contributed by atoms with Gasteiger partial charge in [0.05, 0.1) is 25.7 Å². The number of rotatable bonds is 8. The first kappa shape index (κ1) is 19.2. The van der Waals surface area contributed by atoms with Gasteiger partial charge in [-0.2, -0.15) is 0 Å². The smallest absolute Gasteiger partial charge is 0.305 e.